The quantitative estimate of drug-likeness (QED) is 0.575. The summed E-state index contributed by atoms with van der Waals surface area (Å²) >= 11 is 0. The Balaban J connectivity index is 3.13. The molecule has 0 radical (unpaired) electrons. The van der Waals surface area contributed by atoms with E-state index in [1.54, 1.807) is 0 Å². The van der Waals surface area contributed by atoms with E-state index in [9.17, 15) is 0 Å². The largest absolute Gasteiger partial charge is 0.302 e. The average Bonchev–Trinajstić information content (AvgIpc) is 2.72. The third-order valence-corrected chi connectivity index (χ3v) is 3.85. The van der Waals surface area contributed by atoms with Gasteiger partial charge >= 0.3 is 0 Å². The number of hydrogen-bond donors (Lipinski definition) is 2. The average molecular weight is 239 g/mol. The Bertz CT molecular complexity index is 340. The molecule has 5 nitrogen and oxygen atoms in total. The van der Waals surface area contributed by atoms with Gasteiger partial charge in [0.2, 0.25) is 0 Å². The predicted molar refractivity (Wildman–Crippen MR) is 70.3 cm³/mol. The summed E-state index contributed by atoms with van der Waals surface area (Å²) in [6.45, 7) is 4.38. The van der Waals surface area contributed by atoms with Crippen LogP contribution in [0.2, 0.25) is 0 Å². The number of nitrogens with two attached hydrogens (primary N) is 1. The first kappa shape index (κ1) is 14.2. The van der Waals surface area contributed by atoms with E-state index < -0.39 is 0 Å². The van der Waals surface area contributed by atoms with Gasteiger partial charge in [-0.3, -0.25) is 10.5 Å². The topological polar surface area (TPSA) is 59.1 Å². The van der Waals surface area contributed by atoms with Crippen molar-refractivity contribution in [1.29, 1.82) is 0 Å². The standard InChI is InChI=1S/C12H25N5/c1-6-12(7-2,16(3)4)11(14-13)10-8-9-17(5)15-10/h8-9,11,14H,6-7,13H2,1-5H3. The summed E-state index contributed by atoms with van der Waals surface area (Å²) in [7, 11) is 6.12. The summed E-state index contributed by atoms with van der Waals surface area (Å²) < 4.78 is 1.81. The molecule has 0 bridgehead atoms. The number of hydrazine groups is 1. The molecule has 1 aromatic heterocycles. The second-order valence-electron chi connectivity index (χ2n) is 4.72. The van der Waals surface area contributed by atoms with Crippen LogP contribution in [0.1, 0.15) is 38.4 Å². The lowest BCUT2D eigenvalue weighted by molar-refractivity contribution is 0.0860. The lowest BCUT2D eigenvalue weighted by Crippen LogP contribution is -2.54. The van der Waals surface area contributed by atoms with E-state index >= 15 is 0 Å². The minimum Gasteiger partial charge on any atom is -0.302 e. The van der Waals surface area contributed by atoms with Gasteiger partial charge in [0.25, 0.3) is 0 Å². The number of nitrogens with one attached hydrogen (secondary N) is 1. The molecule has 5 heteroatoms. The number of rotatable bonds is 6. The minimum absolute atomic E-state index is 0.0108. The highest BCUT2D eigenvalue weighted by Gasteiger charge is 2.39. The summed E-state index contributed by atoms with van der Waals surface area (Å²) in [5.41, 5.74) is 3.92. The lowest BCUT2D eigenvalue weighted by atomic mass is 9.82. The third-order valence-electron chi connectivity index (χ3n) is 3.85. The van der Waals surface area contributed by atoms with Gasteiger partial charge in [0.1, 0.15) is 0 Å². The van der Waals surface area contributed by atoms with Crippen molar-refractivity contribution >= 4 is 0 Å². The Kier molecular flexibility index (Phi) is 4.68. The minimum atomic E-state index is -0.0108. The van der Waals surface area contributed by atoms with E-state index in [-0.39, 0.29) is 11.6 Å². The summed E-state index contributed by atoms with van der Waals surface area (Å²) in [6, 6.07) is 2.06. The molecule has 0 aliphatic rings. The van der Waals surface area contributed by atoms with Crippen molar-refractivity contribution in [3.05, 3.63) is 18.0 Å². The van der Waals surface area contributed by atoms with Crippen molar-refractivity contribution < 1.29 is 0 Å². The molecule has 0 spiro atoms. The molecular weight excluding hydrogens is 214 g/mol. The summed E-state index contributed by atoms with van der Waals surface area (Å²) in [6.07, 6.45) is 3.98. The van der Waals surface area contributed by atoms with Crippen LogP contribution in [0.25, 0.3) is 0 Å². The molecule has 0 aromatic carbocycles. The van der Waals surface area contributed by atoms with Gasteiger partial charge in [-0.15, -0.1) is 0 Å². The molecule has 0 saturated heterocycles. The van der Waals surface area contributed by atoms with Gasteiger partial charge in [-0.05, 0) is 33.0 Å². The predicted octanol–water partition coefficient (Wildman–Crippen LogP) is 1.04. The van der Waals surface area contributed by atoms with Crippen LogP contribution in [0.15, 0.2) is 12.3 Å². The van der Waals surface area contributed by atoms with Crippen molar-refractivity contribution in [2.45, 2.75) is 38.3 Å². The van der Waals surface area contributed by atoms with E-state index in [1.165, 1.54) is 0 Å². The fraction of sp³-hybridized carbons (Fsp3) is 0.750. The van der Waals surface area contributed by atoms with Gasteiger partial charge in [0.05, 0.1) is 11.7 Å². The first-order valence-corrected chi connectivity index (χ1v) is 6.15. The maximum Gasteiger partial charge on any atom is 0.0833 e. The lowest BCUT2D eigenvalue weighted by Gasteiger charge is -2.44. The van der Waals surface area contributed by atoms with E-state index in [0.717, 1.165) is 18.5 Å². The van der Waals surface area contributed by atoms with Crippen molar-refractivity contribution in [3.63, 3.8) is 0 Å². The first-order chi connectivity index (χ1) is 8.01. The zero-order valence-electron chi connectivity index (χ0n) is 11.6. The van der Waals surface area contributed by atoms with Gasteiger partial charge < -0.3 is 4.90 Å². The zero-order valence-corrected chi connectivity index (χ0v) is 11.6. The van der Waals surface area contributed by atoms with Crippen LogP contribution >= 0.6 is 0 Å². The molecular formula is C12H25N5. The van der Waals surface area contributed by atoms with Gasteiger partial charge in [0, 0.05) is 18.8 Å². The maximum absolute atomic E-state index is 5.76. The summed E-state index contributed by atoms with van der Waals surface area (Å²) in [5.74, 6) is 5.76. The van der Waals surface area contributed by atoms with Crippen LogP contribution in [0.4, 0.5) is 0 Å². The Morgan fingerprint density at radius 3 is 2.35 bits per heavy atom. The summed E-state index contributed by atoms with van der Waals surface area (Å²) in [4.78, 5) is 2.24. The van der Waals surface area contributed by atoms with Crippen LogP contribution in [0, 0.1) is 0 Å². The zero-order chi connectivity index (χ0) is 13.1. The molecule has 1 aromatic rings. The highest BCUT2D eigenvalue weighted by Crippen LogP contribution is 2.34. The van der Waals surface area contributed by atoms with Crippen LogP contribution in [0.5, 0.6) is 0 Å². The molecule has 0 aliphatic carbocycles. The van der Waals surface area contributed by atoms with E-state index in [2.05, 4.69) is 43.4 Å². The molecule has 1 rings (SSSR count). The van der Waals surface area contributed by atoms with Crippen LogP contribution < -0.4 is 11.3 Å². The Labute approximate surface area is 104 Å². The second kappa shape index (κ2) is 5.62. The normalized spacial score (nSPS) is 14.3. The molecule has 1 atom stereocenters. The van der Waals surface area contributed by atoms with Crippen molar-refractivity contribution in [3.8, 4) is 0 Å². The molecule has 1 unspecified atom stereocenters. The summed E-state index contributed by atoms with van der Waals surface area (Å²) in [5, 5.41) is 4.47. The highest BCUT2D eigenvalue weighted by molar-refractivity contribution is 5.13. The second-order valence-corrected chi connectivity index (χ2v) is 4.72. The Morgan fingerprint density at radius 2 is 2.06 bits per heavy atom. The third kappa shape index (κ3) is 2.51. The highest BCUT2D eigenvalue weighted by atomic mass is 15.3. The number of hydrogen-bond acceptors (Lipinski definition) is 4. The molecule has 0 amide bonds. The van der Waals surface area contributed by atoms with E-state index in [1.807, 2.05) is 24.0 Å². The van der Waals surface area contributed by atoms with Gasteiger partial charge in [-0.25, -0.2) is 5.43 Å². The van der Waals surface area contributed by atoms with E-state index in [4.69, 9.17) is 5.84 Å². The SMILES string of the molecule is CCC(CC)(C(NN)c1ccn(C)n1)N(C)C. The van der Waals surface area contributed by atoms with Gasteiger partial charge in [-0.2, -0.15) is 5.10 Å². The van der Waals surface area contributed by atoms with Crippen molar-refractivity contribution in [2.75, 3.05) is 14.1 Å². The number of aryl methyl sites for hydroxylation is 1. The van der Waals surface area contributed by atoms with Crippen molar-refractivity contribution in [1.82, 2.24) is 20.1 Å². The molecule has 1 heterocycles. The molecule has 0 fully saturated rings. The number of nitrogens with zero attached hydrogens (tertiary/aromatic N) is 3. The van der Waals surface area contributed by atoms with Gasteiger partial charge in [-0.1, -0.05) is 13.8 Å². The molecule has 3 N–H and O–H groups in total. The Hall–Kier alpha value is -0.910. The van der Waals surface area contributed by atoms with Crippen LogP contribution in [-0.2, 0) is 7.05 Å². The van der Waals surface area contributed by atoms with Crippen LogP contribution in [0.3, 0.4) is 0 Å². The number of likely N-dealkylation sites (N-methyl/N-ethyl adjacent to an activating group) is 1. The number of aromatic nitrogens is 2. The molecule has 0 aliphatic heterocycles. The van der Waals surface area contributed by atoms with Crippen molar-refractivity contribution in [2.24, 2.45) is 12.9 Å². The molecule has 98 valence electrons. The maximum atomic E-state index is 5.76. The molecule has 17 heavy (non-hydrogen) atoms. The monoisotopic (exact) mass is 239 g/mol. The van der Waals surface area contributed by atoms with Gasteiger partial charge in [0.15, 0.2) is 0 Å². The van der Waals surface area contributed by atoms with E-state index in [0.29, 0.717) is 0 Å². The fourth-order valence-electron chi connectivity index (χ4n) is 2.65. The fourth-order valence-corrected chi connectivity index (χ4v) is 2.65. The Morgan fingerprint density at radius 1 is 1.47 bits per heavy atom. The molecule has 0 saturated carbocycles. The first-order valence-electron chi connectivity index (χ1n) is 6.15. The van der Waals surface area contributed by atoms with Crippen LogP contribution in [-0.4, -0.2) is 34.3 Å². The smallest absolute Gasteiger partial charge is 0.0833 e.